The highest BCUT2D eigenvalue weighted by Crippen LogP contribution is 2.08. The first-order valence-electron chi connectivity index (χ1n) is 4.16. The molecule has 0 radical (unpaired) electrons. The molecule has 1 unspecified atom stereocenters. The molecular weight excluding hydrogens is 198 g/mol. The minimum atomic E-state index is -2.26. The second-order valence-corrected chi connectivity index (χ2v) is 3.21. The molecule has 0 rings (SSSR count). The summed E-state index contributed by atoms with van der Waals surface area (Å²) in [5.74, 6) is 0. The van der Waals surface area contributed by atoms with Crippen LogP contribution in [0, 0.1) is 0 Å². The predicted octanol–water partition coefficient (Wildman–Crippen LogP) is 1.91. The molecule has 0 amide bonds. The molecule has 14 heavy (non-hydrogen) atoms. The lowest BCUT2D eigenvalue weighted by molar-refractivity contribution is 0.455. The average Bonchev–Trinajstić information content (AvgIpc) is 2.14. The summed E-state index contributed by atoms with van der Waals surface area (Å²) < 4.78 is 22.8. The second kappa shape index (κ2) is 7.29. The van der Waals surface area contributed by atoms with Crippen LogP contribution in [0.2, 0.25) is 0 Å². The van der Waals surface area contributed by atoms with Gasteiger partial charge in [-0.15, -0.1) is 0 Å². The van der Waals surface area contributed by atoms with Crippen LogP contribution in [0.15, 0.2) is 49.2 Å². The van der Waals surface area contributed by atoms with Crippen molar-refractivity contribution in [2.24, 2.45) is 0 Å². The molecule has 0 aromatic carbocycles. The van der Waals surface area contributed by atoms with Crippen LogP contribution in [0.5, 0.6) is 0 Å². The highest BCUT2D eigenvalue weighted by molar-refractivity contribution is 7.76. The lowest BCUT2D eigenvalue weighted by Gasteiger charge is -2.25. The molecule has 0 aliphatic carbocycles. The first-order valence-corrected chi connectivity index (χ1v) is 5.19. The fourth-order valence-electron chi connectivity index (χ4n) is 0.883. The Kier molecular flexibility index (Phi) is 6.70. The Morgan fingerprint density at radius 2 is 2.14 bits per heavy atom. The maximum Gasteiger partial charge on any atom is 0.0482 e. The summed E-state index contributed by atoms with van der Waals surface area (Å²) in [5.41, 5.74) is 0.565. The van der Waals surface area contributed by atoms with Gasteiger partial charge in [0.25, 0.3) is 0 Å². The van der Waals surface area contributed by atoms with Gasteiger partial charge in [0.05, 0.1) is 0 Å². The van der Waals surface area contributed by atoms with E-state index in [9.17, 15) is 8.76 Å². The number of nitrogens with zero attached hydrogens (tertiary/aromatic N) is 1. The van der Waals surface area contributed by atoms with Crippen LogP contribution in [-0.2, 0) is 11.3 Å². The molecule has 0 aliphatic heterocycles. The highest BCUT2D eigenvalue weighted by atomic mass is 32.2. The van der Waals surface area contributed by atoms with Crippen molar-refractivity contribution in [3.05, 3.63) is 49.2 Å². The van der Waals surface area contributed by atoms with Crippen molar-refractivity contribution in [1.29, 1.82) is 0 Å². The van der Waals surface area contributed by atoms with Crippen molar-refractivity contribution in [2.45, 2.75) is 6.92 Å². The number of allylic oxidation sites excluding steroid dienone is 5. The summed E-state index contributed by atoms with van der Waals surface area (Å²) in [7, 11) is 0. The summed E-state index contributed by atoms with van der Waals surface area (Å²) in [5, 5.41) is 0. The highest BCUT2D eigenvalue weighted by Gasteiger charge is 2.03. The molecule has 1 atom stereocenters. The maximum atomic E-state index is 10.8. The molecule has 78 valence electrons. The molecule has 0 aromatic rings. The van der Waals surface area contributed by atoms with Gasteiger partial charge in [-0.05, 0) is 19.1 Å². The summed E-state index contributed by atoms with van der Waals surface area (Å²) in [4.78, 5) is 0. The van der Waals surface area contributed by atoms with Crippen molar-refractivity contribution >= 4 is 11.3 Å². The third-order valence-corrected chi connectivity index (χ3v) is 2.28. The van der Waals surface area contributed by atoms with Crippen LogP contribution >= 0.6 is 0 Å². The van der Waals surface area contributed by atoms with E-state index in [1.807, 2.05) is 0 Å². The van der Waals surface area contributed by atoms with E-state index in [2.05, 4.69) is 13.2 Å². The van der Waals surface area contributed by atoms with Crippen LogP contribution in [0.4, 0.5) is 0 Å². The summed E-state index contributed by atoms with van der Waals surface area (Å²) >= 11 is -2.26. The zero-order valence-corrected chi connectivity index (χ0v) is 9.00. The zero-order valence-electron chi connectivity index (χ0n) is 8.18. The Morgan fingerprint density at radius 3 is 2.50 bits per heavy atom. The first kappa shape index (κ1) is 12.9. The Labute approximate surface area is 87.5 Å². The molecule has 0 aliphatic rings. The fourth-order valence-corrected chi connectivity index (χ4v) is 1.39. The fraction of sp³-hybridized carbons (Fsp3) is 0.200. The monoisotopic (exact) mass is 212 g/mol. The Hall–Kier alpha value is -1.13. The Morgan fingerprint density at radius 1 is 1.50 bits per heavy atom. The predicted molar refractivity (Wildman–Crippen MR) is 58.9 cm³/mol. The standard InChI is InChI=1S/C10H15NO2S/c1-4-7-9-10(8-5-2)11(6-3)14(12)13/h4-5,7-9H,1-2,6H2,3H3,(H,12,13)/p-1/b9-7-,10-8+. The quantitative estimate of drug-likeness (QED) is 0.498. The summed E-state index contributed by atoms with van der Waals surface area (Å²) in [6, 6.07) is 0. The third-order valence-electron chi connectivity index (χ3n) is 1.45. The van der Waals surface area contributed by atoms with E-state index in [0.29, 0.717) is 12.2 Å². The van der Waals surface area contributed by atoms with Gasteiger partial charge >= 0.3 is 0 Å². The summed E-state index contributed by atoms with van der Waals surface area (Å²) in [6.07, 6.45) is 8.08. The van der Waals surface area contributed by atoms with Gasteiger partial charge in [-0.3, -0.25) is 4.21 Å². The van der Waals surface area contributed by atoms with Gasteiger partial charge in [-0.2, -0.15) is 0 Å². The Balaban J connectivity index is 4.87. The molecular formula is C10H14NO2S-. The minimum absolute atomic E-state index is 0.386. The molecule has 0 N–H and O–H groups in total. The molecule has 0 fully saturated rings. The van der Waals surface area contributed by atoms with E-state index in [4.69, 9.17) is 0 Å². The van der Waals surface area contributed by atoms with Crippen LogP contribution in [0.25, 0.3) is 0 Å². The van der Waals surface area contributed by atoms with Gasteiger partial charge < -0.3 is 8.86 Å². The van der Waals surface area contributed by atoms with Gasteiger partial charge in [0.15, 0.2) is 0 Å². The lowest BCUT2D eigenvalue weighted by atomic mass is 10.3. The molecule has 0 spiro atoms. The molecule has 0 bridgehead atoms. The van der Waals surface area contributed by atoms with Crippen LogP contribution in [0.3, 0.4) is 0 Å². The number of likely N-dealkylation sites (N-methyl/N-ethyl adjacent to an activating group) is 1. The van der Waals surface area contributed by atoms with Gasteiger partial charge in [-0.1, -0.05) is 31.4 Å². The van der Waals surface area contributed by atoms with E-state index in [-0.39, 0.29) is 0 Å². The third kappa shape index (κ3) is 4.20. The van der Waals surface area contributed by atoms with E-state index in [0.717, 1.165) is 0 Å². The average molecular weight is 212 g/mol. The zero-order chi connectivity index (χ0) is 11.0. The van der Waals surface area contributed by atoms with Gasteiger partial charge in [0, 0.05) is 23.5 Å². The van der Waals surface area contributed by atoms with Crippen LogP contribution in [0.1, 0.15) is 6.92 Å². The van der Waals surface area contributed by atoms with Crippen molar-refractivity contribution in [3.63, 3.8) is 0 Å². The van der Waals surface area contributed by atoms with Crippen molar-refractivity contribution in [2.75, 3.05) is 6.54 Å². The SMILES string of the molecule is C=C/C=C\C(=C/C=C)N(CC)S(=O)[O-]. The number of rotatable bonds is 6. The smallest absolute Gasteiger partial charge is 0.0482 e. The van der Waals surface area contributed by atoms with Crippen molar-refractivity contribution in [3.8, 4) is 0 Å². The van der Waals surface area contributed by atoms with Crippen LogP contribution in [-0.4, -0.2) is 19.6 Å². The van der Waals surface area contributed by atoms with E-state index >= 15 is 0 Å². The first-order chi connectivity index (χ1) is 6.67. The Bertz CT molecular complexity index is 282. The molecule has 0 saturated heterocycles. The molecule has 0 saturated carbocycles. The minimum Gasteiger partial charge on any atom is -0.755 e. The van der Waals surface area contributed by atoms with Crippen LogP contribution < -0.4 is 0 Å². The largest absolute Gasteiger partial charge is 0.755 e. The topological polar surface area (TPSA) is 43.4 Å². The van der Waals surface area contributed by atoms with Gasteiger partial charge in [0.2, 0.25) is 0 Å². The number of hydrogen-bond acceptors (Lipinski definition) is 2. The lowest BCUT2D eigenvalue weighted by Crippen LogP contribution is -2.23. The molecule has 0 heterocycles. The van der Waals surface area contributed by atoms with Gasteiger partial charge in [-0.25, -0.2) is 0 Å². The number of hydrogen-bond donors (Lipinski definition) is 0. The normalized spacial score (nSPS) is 14.0. The van der Waals surface area contributed by atoms with E-state index in [1.165, 1.54) is 10.4 Å². The van der Waals surface area contributed by atoms with Gasteiger partial charge in [0.1, 0.15) is 0 Å². The molecule has 0 aromatic heterocycles. The molecule has 4 heteroatoms. The van der Waals surface area contributed by atoms with E-state index in [1.54, 1.807) is 31.2 Å². The van der Waals surface area contributed by atoms with Crippen molar-refractivity contribution in [1.82, 2.24) is 4.31 Å². The maximum absolute atomic E-state index is 10.8. The summed E-state index contributed by atoms with van der Waals surface area (Å²) in [6.45, 7) is 9.18. The molecule has 3 nitrogen and oxygen atoms in total. The second-order valence-electron chi connectivity index (χ2n) is 2.33. The van der Waals surface area contributed by atoms with E-state index < -0.39 is 11.3 Å². The van der Waals surface area contributed by atoms with Crippen molar-refractivity contribution < 1.29 is 8.76 Å².